The molecule has 2 nitrogen and oxygen atoms in total. The van der Waals surface area contributed by atoms with Gasteiger partial charge >= 0.3 is 0 Å². The molecule has 2 aromatic rings. The van der Waals surface area contributed by atoms with Gasteiger partial charge in [-0.2, -0.15) is 0 Å². The number of nitrogens with zero attached hydrogens (tertiary/aromatic N) is 1. The first kappa shape index (κ1) is 13.7. The summed E-state index contributed by atoms with van der Waals surface area (Å²) in [4.78, 5) is 7.83. The van der Waals surface area contributed by atoms with Crippen LogP contribution < -0.4 is 0 Å². The van der Waals surface area contributed by atoms with Gasteiger partial charge in [0.2, 0.25) is 0 Å². The van der Waals surface area contributed by atoms with E-state index in [0.29, 0.717) is 10.0 Å². The minimum atomic E-state index is 0.560. The van der Waals surface area contributed by atoms with E-state index in [-0.39, 0.29) is 0 Å². The first-order chi connectivity index (χ1) is 8.70. The number of benzene rings is 1. The highest BCUT2D eigenvalue weighted by Gasteiger charge is 2.06. The molecule has 0 bridgehead atoms. The van der Waals surface area contributed by atoms with Crippen LogP contribution in [-0.2, 0) is 6.42 Å². The van der Waals surface area contributed by atoms with E-state index in [4.69, 9.17) is 23.2 Å². The van der Waals surface area contributed by atoms with Gasteiger partial charge in [-0.15, -0.1) is 0 Å². The van der Waals surface area contributed by atoms with E-state index in [1.807, 2.05) is 12.1 Å². The van der Waals surface area contributed by atoms with Crippen molar-refractivity contribution in [1.82, 2.24) is 9.97 Å². The molecule has 0 unspecified atom stereocenters. The molecule has 0 radical (unpaired) electrons. The Morgan fingerprint density at radius 2 is 1.78 bits per heavy atom. The van der Waals surface area contributed by atoms with E-state index in [1.165, 1.54) is 32.1 Å². The predicted molar refractivity (Wildman–Crippen MR) is 78.6 cm³/mol. The van der Waals surface area contributed by atoms with Crippen LogP contribution in [0.4, 0.5) is 0 Å². The Bertz CT molecular complexity index is 481. The van der Waals surface area contributed by atoms with Crippen molar-refractivity contribution >= 4 is 34.2 Å². The summed E-state index contributed by atoms with van der Waals surface area (Å²) in [7, 11) is 0. The van der Waals surface area contributed by atoms with E-state index >= 15 is 0 Å². The molecular weight excluding hydrogens is 267 g/mol. The maximum absolute atomic E-state index is 5.98. The first-order valence-corrected chi connectivity index (χ1v) is 7.30. The predicted octanol–water partition coefficient (Wildman–Crippen LogP) is 5.38. The smallest absolute Gasteiger partial charge is 0.107 e. The van der Waals surface area contributed by atoms with Crippen molar-refractivity contribution in [1.29, 1.82) is 0 Å². The van der Waals surface area contributed by atoms with E-state index in [9.17, 15) is 0 Å². The summed E-state index contributed by atoms with van der Waals surface area (Å²) in [6, 6.07) is 3.66. The fourth-order valence-corrected chi connectivity index (χ4v) is 2.39. The maximum Gasteiger partial charge on any atom is 0.107 e. The highest BCUT2D eigenvalue weighted by atomic mass is 35.5. The molecule has 0 amide bonds. The first-order valence-electron chi connectivity index (χ1n) is 6.54. The zero-order valence-electron chi connectivity index (χ0n) is 10.6. The average molecular weight is 285 g/mol. The number of rotatable bonds is 6. The van der Waals surface area contributed by atoms with Gasteiger partial charge in [-0.1, -0.05) is 55.8 Å². The number of hydrogen-bond donors (Lipinski definition) is 1. The van der Waals surface area contributed by atoms with Crippen LogP contribution >= 0.6 is 23.2 Å². The van der Waals surface area contributed by atoms with Crippen LogP contribution in [0.5, 0.6) is 0 Å². The second kappa shape index (κ2) is 6.44. The summed E-state index contributed by atoms with van der Waals surface area (Å²) in [5.74, 6) is 1.03. The second-order valence-electron chi connectivity index (χ2n) is 4.63. The monoisotopic (exact) mass is 284 g/mol. The van der Waals surface area contributed by atoms with Gasteiger partial charge in [-0.3, -0.25) is 0 Å². The fraction of sp³-hybridized carbons (Fsp3) is 0.500. The van der Waals surface area contributed by atoms with Gasteiger partial charge in [0.05, 0.1) is 21.1 Å². The third-order valence-electron chi connectivity index (χ3n) is 3.09. The van der Waals surface area contributed by atoms with Gasteiger partial charge in [-0.25, -0.2) is 4.98 Å². The lowest BCUT2D eigenvalue weighted by atomic mass is 10.1. The number of H-pyrrole nitrogens is 1. The van der Waals surface area contributed by atoms with E-state index in [2.05, 4.69) is 16.9 Å². The summed E-state index contributed by atoms with van der Waals surface area (Å²) in [6.07, 6.45) is 7.36. The molecule has 0 saturated carbocycles. The summed E-state index contributed by atoms with van der Waals surface area (Å²) < 4.78 is 0. The number of nitrogens with one attached hydrogen (secondary N) is 1. The van der Waals surface area contributed by atoms with Crippen LogP contribution in [0.3, 0.4) is 0 Å². The number of aromatic nitrogens is 2. The van der Waals surface area contributed by atoms with E-state index in [1.54, 1.807) is 0 Å². The van der Waals surface area contributed by atoms with E-state index in [0.717, 1.165) is 23.3 Å². The van der Waals surface area contributed by atoms with Crippen LogP contribution in [0.25, 0.3) is 11.0 Å². The SMILES string of the molecule is CCCCCCCc1nc2cc(Cl)c(Cl)cc2[nH]1. The standard InChI is InChI=1S/C14H18Cl2N2/c1-2-3-4-5-6-7-14-17-12-8-10(15)11(16)9-13(12)18-14/h8-9H,2-7H2,1H3,(H,17,18). The molecule has 0 atom stereocenters. The van der Waals surface area contributed by atoms with Gasteiger partial charge in [0.25, 0.3) is 0 Å². The molecule has 18 heavy (non-hydrogen) atoms. The summed E-state index contributed by atoms with van der Waals surface area (Å²) in [5.41, 5.74) is 1.86. The lowest BCUT2D eigenvalue weighted by Gasteiger charge is -1.97. The topological polar surface area (TPSA) is 28.7 Å². The van der Waals surface area contributed by atoms with Crippen molar-refractivity contribution in [2.45, 2.75) is 45.4 Å². The highest BCUT2D eigenvalue weighted by Crippen LogP contribution is 2.26. The molecule has 0 spiro atoms. The minimum absolute atomic E-state index is 0.560. The minimum Gasteiger partial charge on any atom is -0.342 e. The van der Waals surface area contributed by atoms with Gasteiger partial charge in [0, 0.05) is 6.42 Å². The Morgan fingerprint density at radius 1 is 1.06 bits per heavy atom. The quantitative estimate of drug-likeness (QED) is 0.709. The van der Waals surface area contributed by atoms with Gasteiger partial charge in [0.1, 0.15) is 5.82 Å². The summed E-state index contributed by atoms with van der Waals surface area (Å²) >= 11 is 12.0. The molecule has 1 heterocycles. The molecule has 0 aliphatic rings. The molecular formula is C14H18Cl2N2. The Morgan fingerprint density at radius 3 is 2.56 bits per heavy atom. The van der Waals surface area contributed by atoms with Crippen LogP contribution in [0.1, 0.15) is 44.9 Å². The number of imidazole rings is 1. The van der Waals surface area contributed by atoms with Crippen LogP contribution in [0.15, 0.2) is 12.1 Å². The number of hydrogen-bond acceptors (Lipinski definition) is 1. The lowest BCUT2D eigenvalue weighted by molar-refractivity contribution is 0.625. The van der Waals surface area contributed by atoms with Crippen molar-refractivity contribution in [3.63, 3.8) is 0 Å². The Kier molecular flexibility index (Phi) is 4.90. The van der Waals surface area contributed by atoms with Crippen molar-refractivity contribution in [2.75, 3.05) is 0 Å². The molecule has 0 aliphatic heterocycles. The van der Waals surface area contributed by atoms with Gasteiger partial charge < -0.3 is 4.98 Å². The number of aromatic amines is 1. The summed E-state index contributed by atoms with van der Waals surface area (Å²) in [6.45, 7) is 2.23. The Hall–Kier alpha value is -0.730. The second-order valence-corrected chi connectivity index (χ2v) is 5.45. The fourth-order valence-electron chi connectivity index (χ4n) is 2.07. The number of unbranched alkanes of at least 4 members (excludes halogenated alkanes) is 4. The van der Waals surface area contributed by atoms with Crippen molar-refractivity contribution in [3.8, 4) is 0 Å². The Balaban J connectivity index is 1.97. The molecule has 0 aliphatic carbocycles. The number of halogens is 2. The lowest BCUT2D eigenvalue weighted by Crippen LogP contribution is -1.88. The maximum atomic E-state index is 5.98. The average Bonchev–Trinajstić information content (AvgIpc) is 2.71. The highest BCUT2D eigenvalue weighted by molar-refractivity contribution is 6.42. The van der Waals surface area contributed by atoms with Crippen LogP contribution in [0.2, 0.25) is 10.0 Å². The molecule has 1 aromatic carbocycles. The number of aryl methyl sites for hydroxylation is 1. The molecule has 0 fully saturated rings. The van der Waals surface area contributed by atoms with E-state index < -0.39 is 0 Å². The van der Waals surface area contributed by atoms with Gasteiger partial charge in [0.15, 0.2) is 0 Å². The zero-order chi connectivity index (χ0) is 13.0. The third kappa shape index (κ3) is 3.39. The number of fused-ring (bicyclic) bond motifs is 1. The normalized spacial score (nSPS) is 11.3. The van der Waals surface area contributed by atoms with Crippen molar-refractivity contribution < 1.29 is 0 Å². The van der Waals surface area contributed by atoms with Crippen LogP contribution in [-0.4, -0.2) is 9.97 Å². The molecule has 0 saturated heterocycles. The molecule has 1 N–H and O–H groups in total. The molecule has 2 rings (SSSR count). The largest absolute Gasteiger partial charge is 0.342 e. The third-order valence-corrected chi connectivity index (χ3v) is 3.81. The summed E-state index contributed by atoms with van der Waals surface area (Å²) in [5, 5.41) is 1.13. The Labute approximate surface area is 118 Å². The van der Waals surface area contributed by atoms with Crippen molar-refractivity contribution in [3.05, 3.63) is 28.0 Å². The van der Waals surface area contributed by atoms with Crippen molar-refractivity contribution in [2.24, 2.45) is 0 Å². The zero-order valence-corrected chi connectivity index (χ0v) is 12.1. The van der Waals surface area contributed by atoms with Gasteiger partial charge in [-0.05, 0) is 18.6 Å². The molecule has 1 aromatic heterocycles. The molecule has 98 valence electrons. The molecule has 4 heteroatoms. The van der Waals surface area contributed by atoms with Crippen LogP contribution in [0, 0.1) is 0 Å².